The Morgan fingerprint density at radius 1 is 1.61 bits per heavy atom. The van der Waals surface area contributed by atoms with E-state index >= 15 is 0 Å². The van der Waals surface area contributed by atoms with Crippen LogP contribution in [0.3, 0.4) is 0 Å². The van der Waals surface area contributed by atoms with Gasteiger partial charge in [0.1, 0.15) is 5.76 Å². The second-order valence-electron chi connectivity index (χ2n) is 5.16. The summed E-state index contributed by atoms with van der Waals surface area (Å²) in [5, 5.41) is 0. The molecule has 0 aromatic carbocycles. The van der Waals surface area contributed by atoms with Gasteiger partial charge in [0.15, 0.2) is 0 Å². The molecule has 1 aliphatic rings. The van der Waals surface area contributed by atoms with Gasteiger partial charge in [0.25, 0.3) is 0 Å². The molecule has 1 fully saturated rings. The van der Waals surface area contributed by atoms with Gasteiger partial charge in [0.2, 0.25) is 5.91 Å². The minimum Gasteiger partial charge on any atom is -0.467 e. The first-order chi connectivity index (χ1) is 8.56. The number of carbonyl (C=O) groups is 1. The van der Waals surface area contributed by atoms with E-state index < -0.39 is 0 Å². The highest BCUT2D eigenvalue weighted by Gasteiger charge is 2.28. The summed E-state index contributed by atoms with van der Waals surface area (Å²) in [6.45, 7) is 4.79. The van der Waals surface area contributed by atoms with E-state index in [0.29, 0.717) is 19.0 Å². The number of likely N-dealkylation sites (N-methyl/N-ethyl adjacent to an activating group) is 1. The Balaban J connectivity index is 1.81. The van der Waals surface area contributed by atoms with Gasteiger partial charge in [-0.3, -0.25) is 9.69 Å². The minimum atomic E-state index is 0.104. The zero-order valence-corrected chi connectivity index (χ0v) is 11.0. The number of carbonyl (C=O) groups excluding carboxylic acids is 1. The normalized spacial score (nSPS) is 24.4. The van der Waals surface area contributed by atoms with Gasteiger partial charge in [-0.05, 0) is 18.1 Å². The molecule has 100 valence electrons. The molecular weight excluding hydrogens is 230 g/mol. The lowest BCUT2D eigenvalue weighted by atomic mass is 10.1. The van der Waals surface area contributed by atoms with Gasteiger partial charge in [-0.2, -0.15) is 0 Å². The molecule has 0 spiro atoms. The lowest BCUT2D eigenvalue weighted by Gasteiger charge is -2.20. The van der Waals surface area contributed by atoms with Crippen LogP contribution in [0.25, 0.3) is 0 Å². The van der Waals surface area contributed by atoms with E-state index in [0.717, 1.165) is 18.8 Å². The molecule has 18 heavy (non-hydrogen) atoms. The van der Waals surface area contributed by atoms with Crippen LogP contribution in [0, 0.1) is 5.92 Å². The highest BCUT2D eigenvalue weighted by atomic mass is 16.3. The van der Waals surface area contributed by atoms with Crippen LogP contribution in [0.2, 0.25) is 0 Å². The highest BCUT2D eigenvalue weighted by molar-refractivity contribution is 5.78. The summed E-state index contributed by atoms with van der Waals surface area (Å²) >= 11 is 0. The average molecular weight is 251 g/mol. The molecule has 5 heteroatoms. The van der Waals surface area contributed by atoms with Crippen LogP contribution in [0.15, 0.2) is 22.8 Å². The number of furan rings is 1. The van der Waals surface area contributed by atoms with E-state index in [1.54, 1.807) is 18.2 Å². The Labute approximate surface area is 108 Å². The molecule has 0 bridgehead atoms. The van der Waals surface area contributed by atoms with Crippen molar-refractivity contribution in [2.24, 2.45) is 11.7 Å². The second-order valence-corrected chi connectivity index (χ2v) is 5.16. The van der Waals surface area contributed by atoms with Gasteiger partial charge in [-0.15, -0.1) is 0 Å². The van der Waals surface area contributed by atoms with Crippen molar-refractivity contribution in [3.63, 3.8) is 0 Å². The number of nitrogens with zero attached hydrogens (tertiary/aromatic N) is 2. The van der Waals surface area contributed by atoms with Gasteiger partial charge in [-0.1, -0.05) is 6.92 Å². The van der Waals surface area contributed by atoms with Crippen molar-refractivity contribution in [1.82, 2.24) is 9.80 Å². The monoisotopic (exact) mass is 251 g/mol. The molecule has 0 aliphatic carbocycles. The molecular formula is C13H21N3O2. The van der Waals surface area contributed by atoms with Crippen LogP contribution in [0.4, 0.5) is 0 Å². The molecule has 2 N–H and O–H groups in total. The SMILES string of the molecule is CC1CN(CC(=O)N(C)Cc2ccco2)CC1N. The van der Waals surface area contributed by atoms with Gasteiger partial charge < -0.3 is 15.1 Å². The number of rotatable bonds is 4. The molecule has 0 radical (unpaired) electrons. The summed E-state index contributed by atoms with van der Waals surface area (Å²) in [5.74, 6) is 1.37. The van der Waals surface area contributed by atoms with Crippen molar-refractivity contribution < 1.29 is 9.21 Å². The van der Waals surface area contributed by atoms with Gasteiger partial charge in [-0.25, -0.2) is 0 Å². The first kappa shape index (κ1) is 13.1. The molecule has 1 aromatic heterocycles. The Kier molecular flexibility index (Phi) is 4.04. The van der Waals surface area contributed by atoms with Crippen LogP contribution < -0.4 is 5.73 Å². The Bertz CT molecular complexity index is 381. The van der Waals surface area contributed by atoms with Crippen LogP contribution in [-0.2, 0) is 11.3 Å². The second kappa shape index (κ2) is 5.54. The minimum absolute atomic E-state index is 0.104. The highest BCUT2D eigenvalue weighted by Crippen LogP contribution is 2.14. The molecule has 1 aliphatic heterocycles. The smallest absolute Gasteiger partial charge is 0.236 e. The molecule has 0 saturated carbocycles. The molecule has 2 atom stereocenters. The standard InChI is InChI=1S/C13H21N3O2/c1-10-6-16(8-12(10)14)9-13(17)15(2)7-11-4-3-5-18-11/h3-5,10,12H,6-9,14H2,1-2H3. The number of nitrogens with two attached hydrogens (primary N) is 1. The average Bonchev–Trinajstić information content (AvgIpc) is 2.90. The summed E-state index contributed by atoms with van der Waals surface area (Å²) in [7, 11) is 1.80. The Hall–Kier alpha value is -1.33. The zero-order valence-electron chi connectivity index (χ0n) is 11.0. The van der Waals surface area contributed by atoms with Crippen molar-refractivity contribution in [3.05, 3.63) is 24.2 Å². The predicted molar refractivity (Wildman–Crippen MR) is 68.8 cm³/mol. The molecule has 1 amide bonds. The topological polar surface area (TPSA) is 62.7 Å². The van der Waals surface area contributed by atoms with Crippen molar-refractivity contribution in [2.75, 3.05) is 26.7 Å². The van der Waals surface area contributed by atoms with Crippen molar-refractivity contribution in [1.29, 1.82) is 0 Å². The lowest BCUT2D eigenvalue weighted by Crippen LogP contribution is -2.38. The van der Waals surface area contributed by atoms with Crippen LogP contribution in [0.1, 0.15) is 12.7 Å². The molecule has 2 heterocycles. The summed E-state index contributed by atoms with van der Waals surface area (Å²) < 4.78 is 5.23. The summed E-state index contributed by atoms with van der Waals surface area (Å²) in [4.78, 5) is 15.8. The van der Waals surface area contributed by atoms with Crippen molar-refractivity contribution >= 4 is 5.91 Å². The van der Waals surface area contributed by atoms with E-state index in [1.165, 1.54) is 0 Å². The van der Waals surface area contributed by atoms with E-state index in [2.05, 4.69) is 11.8 Å². The molecule has 2 unspecified atom stereocenters. The molecule has 1 saturated heterocycles. The molecule has 2 rings (SSSR count). The quantitative estimate of drug-likeness (QED) is 0.847. The fraction of sp³-hybridized carbons (Fsp3) is 0.615. The fourth-order valence-electron chi connectivity index (χ4n) is 2.26. The first-order valence-electron chi connectivity index (χ1n) is 6.30. The Morgan fingerprint density at radius 3 is 2.94 bits per heavy atom. The maximum Gasteiger partial charge on any atom is 0.236 e. The number of hydrogen-bond donors (Lipinski definition) is 1. The van der Waals surface area contributed by atoms with Gasteiger partial charge in [0, 0.05) is 26.2 Å². The number of amides is 1. The fourth-order valence-corrected chi connectivity index (χ4v) is 2.26. The number of likely N-dealkylation sites (tertiary alicyclic amines) is 1. The molecule has 5 nitrogen and oxygen atoms in total. The Morgan fingerprint density at radius 2 is 2.39 bits per heavy atom. The third kappa shape index (κ3) is 3.11. The maximum absolute atomic E-state index is 12.0. The van der Waals surface area contributed by atoms with Crippen LogP contribution >= 0.6 is 0 Å². The van der Waals surface area contributed by atoms with Crippen molar-refractivity contribution in [2.45, 2.75) is 19.5 Å². The molecule has 1 aromatic rings. The third-order valence-electron chi connectivity index (χ3n) is 3.50. The summed E-state index contributed by atoms with van der Waals surface area (Å²) in [5.41, 5.74) is 5.95. The van der Waals surface area contributed by atoms with Crippen LogP contribution in [-0.4, -0.2) is 48.4 Å². The predicted octanol–water partition coefficient (Wildman–Crippen LogP) is 0.517. The van der Waals surface area contributed by atoms with Crippen LogP contribution in [0.5, 0.6) is 0 Å². The third-order valence-corrected chi connectivity index (χ3v) is 3.50. The zero-order chi connectivity index (χ0) is 13.1. The van der Waals surface area contributed by atoms with E-state index in [9.17, 15) is 4.79 Å². The van der Waals surface area contributed by atoms with Crippen molar-refractivity contribution in [3.8, 4) is 0 Å². The van der Waals surface area contributed by atoms with E-state index in [1.807, 2.05) is 12.1 Å². The lowest BCUT2D eigenvalue weighted by molar-refractivity contribution is -0.131. The number of hydrogen-bond acceptors (Lipinski definition) is 4. The van der Waals surface area contributed by atoms with Gasteiger partial charge in [0.05, 0.1) is 19.4 Å². The van der Waals surface area contributed by atoms with E-state index in [-0.39, 0.29) is 11.9 Å². The summed E-state index contributed by atoms with van der Waals surface area (Å²) in [6.07, 6.45) is 1.62. The summed E-state index contributed by atoms with van der Waals surface area (Å²) in [6, 6.07) is 3.89. The van der Waals surface area contributed by atoms with Gasteiger partial charge >= 0.3 is 0 Å². The van der Waals surface area contributed by atoms with E-state index in [4.69, 9.17) is 10.2 Å². The largest absolute Gasteiger partial charge is 0.467 e. The maximum atomic E-state index is 12.0. The first-order valence-corrected chi connectivity index (χ1v) is 6.30.